The summed E-state index contributed by atoms with van der Waals surface area (Å²) in [5.41, 5.74) is 4.04. The number of hydrogen-bond acceptors (Lipinski definition) is 3. The smallest absolute Gasteiger partial charge is 0.310 e. The molecule has 1 aromatic carbocycles. The van der Waals surface area contributed by atoms with Gasteiger partial charge in [-0.25, -0.2) is 0 Å². The van der Waals surface area contributed by atoms with E-state index in [-0.39, 0.29) is 11.9 Å². The van der Waals surface area contributed by atoms with Crippen LogP contribution in [0.1, 0.15) is 23.6 Å². The normalized spacial score (nSPS) is 23.6. The van der Waals surface area contributed by atoms with Crippen molar-refractivity contribution in [1.29, 1.82) is 0 Å². The van der Waals surface area contributed by atoms with Crippen LogP contribution >= 0.6 is 0 Å². The van der Waals surface area contributed by atoms with Crippen molar-refractivity contribution in [1.82, 2.24) is 4.90 Å². The highest BCUT2D eigenvalue weighted by molar-refractivity contribution is 5.73. The Morgan fingerprint density at radius 2 is 1.95 bits per heavy atom. The van der Waals surface area contributed by atoms with E-state index in [4.69, 9.17) is 4.74 Å². The van der Waals surface area contributed by atoms with Gasteiger partial charge in [-0.3, -0.25) is 9.69 Å². The fraction of sp³-hybridized carbons (Fsp3) is 0.562. The summed E-state index contributed by atoms with van der Waals surface area (Å²) in [6.45, 7) is 9.14. The van der Waals surface area contributed by atoms with Crippen molar-refractivity contribution in [3.05, 3.63) is 34.9 Å². The Labute approximate surface area is 115 Å². The second-order valence-corrected chi connectivity index (χ2v) is 5.67. The van der Waals surface area contributed by atoms with Gasteiger partial charge in [-0.1, -0.05) is 25.1 Å². The molecule has 3 nitrogen and oxygen atoms in total. The van der Waals surface area contributed by atoms with Gasteiger partial charge in [0.05, 0.1) is 13.0 Å². The zero-order valence-corrected chi connectivity index (χ0v) is 12.3. The number of nitrogens with zero attached hydrogens (tertiary/aromatic N) is 1. The molecule has 3 heteroatoms. The summed E-state index contributed by atoms with van der Waals surface area (Å²) in [4.78, 5) is 14.1. The van der Waals surface area contributed by atoms with E-state index in [0.29, 0.717) is 5.92 Å². The summed E-state index contributed by atoms with van der Waals surface area (Å²) in [5, 5.41) is 0. The van der Waals surface area contributed by atoms with Crippen molar-refractivity contribution in [2.75, 3.05) is 20.2 Å². The van der Waals surface area contributed by atoms with Gasteiger partial charge in [-0.05, 0) is 36.5 Å². The largest absolute Gasteiger partial charge is 0.469 e. The third-order valence-electron chi connectivity index (χ3n) is 4.22. The highest BCUT2D eigenvalue weighted by Crippen LogP contribution is 2.26. The van der Waals surface area contributed by atoms with E-state index in [1.54, 1.807) is 0 Å². The van der Waals surface area contributed by atoms with Crippen LogP contribution < -0.4 is 0 Å². The molecule has 0 aromatic heterocycles. The van der Waals surface area contributed by atoms with Gasteiger partial charge in [0, 0.05) is 19.6 Å². The molecule has 0 N–H and O–H groups in total. The molecule has 2 rings (SSSR count). The number of benzene rings is 1. The fourth-order valence-corrected chi connectivity index (χ4v) is 2.98. The summed E-state index contributed by atoms with van der Waals surface area (Å²) in [6, 6.07) is 6.40. The maximum absolute atomic E-state index is 11.7. The molecule has 2 atom stereocenters. The standard InChI is InChI=1S/C16H23NO2/c1-11-6-5-7-12(2)14(11)9-17-8-13(3)15(10-17)16(18)19-4/h5-7,13,15H,8-10H2,1-4H3. The van der Waals surface area contributed by atoms with Gasteiger partial charge in [0.25, 0.3) is 0 Å². The van der Waals surface area contributed by atoms with E-state index in [0.717, 1.165) is 19.6 Å². The Hall–Kier alpha value is -1.35. The van der Waals surface area contributed by atoms with Gasteiger partial charge in [0.15, 0.2) is 0 Å². The molecular formula is C16H23NO2. The molecule has 19 heavy (non-hydrogen) atoms. The average Bonchev–Trinajstić information content (AvgIpc) is 2.74. The van der Waals surface area contributed by atoms with Crippen molar-refractivity contribution < 1.29 is 9.53 Å². The van der Waals surface area contributed by atoms with E-state index in [1.165, 1.54) is 23.8 Å². The second kappa shape index (κ2) is 5.74. The van der Waals surface area contributed by atoms with Crippen LogP contribution in [0.15, 0.2) is 18.2 Å². The van der Waals surface area contributed by atoms with Crippen LogP contribution in [0.4, 0.5) is 0 Å². The van der Waals surface area contributed by atoms with Crippen LogP contribution in [-0.4, -0.2) is 31.1 Å². The first-order chi connectivity index (χ1) is 9.02. The Balaban J connectivity index is 2.08. The van der Waals surface area contributed by atoms with Crippen molar-refractivity contribution in [3.63, 3.8) is 0 Å². The Morgan fingerprint density at radius 3 is 2.53 bits per heavy atom. The molecule has 1 aromatic rings. The molecule has 1 fully saturated rings. The number of aryl methyl sites for hydroxylation is 2. The van der Waals surface area contributed by atoms with Crippen molar-refractivity contribution >= 4 is 5.97 Å². The number of esters is 1. The highest BCUT2D eigenvalue weighted by Gasteiger charge is 2.35. The first kappa shape index (κ1) is 14.1. The lowest BCUT2D eigenvalue weighted by molar-refractivity contribution is -0.146. The van der Waals surface area contributed by atoms with Gasteiger partial charge in [-0.2, -0.15) is 0 Å². The molecular weight excluding hydrogens is 238 g/mol. The predicted molar refractivity (Wildman–Crippen MR) is 75.9 cm³/mol. The summed E-state index contributed by atoms with van der Waals surface area (Å²) in [6.07, 6.45) is 0. The summed E-state index contributed by atoms with van der Waals surface area (Å²) >= 11 is 0. The van der Waals surface area contributed by atoms with Crippen molar-refractivity contribution in [2.45, 2.75) is 27.3 Å². The summed E-state index contributed by atoms with van der Waals surface area (Å²) in [7, 11) is 1.48. The first-order valence-electron chi connectivity index (χ1n) is 6.88. The van der Waals surface area contributed by atoms with Gasteiger partial charge < -0.3 is 4.74 Å². The third kappa shape index (κ3) is 2.98. The van der Waals surface area contributed by atoms with Crippen LogP contribution in [0.2, 0.25) is 0 Å². The Morgan fingerprint density at radius 1 is 1.32 bits per heavy atom. The molecule has 0 bridgehead atoms. The van der Waals surface area contributed by atoms with Gasteiger partial charge >= 0.3 is 5.97 Å². The van der Waals surface area contributed by atoms with E-state index in [1.807, 2.05) is 0 Å². The SMILES string of the molecule is COC(=O)C1CN(Cc2c(C)cccc2C)CC1C. The number of hydrogen-bond donors (Lipinski definition) is 0. The van der Waals surface area contributed by atoms with E-state index < -0.39 is 0 Å². The van der Waals surface area contributed by atoms with Crippen LogP contribution in [-0.2, 0) is 16.1 Å². The average molecular weight is 261 g/mol. The lowest BCUT2D eigenvalue weighted by Gasteiger charge is -2.18. The number of carbonyl (C=O) groups is 1. The molecule has 0 amide bonds. The molecule has 1 saturated heterocycles. The lowest BCUT2D eigenvalue weighted by Crippen LogP contribution is -2.24. The molecule has 0 spiro atoms. The predicted octanol–water partition coefficient (Wildman–Crippen LogP) is 2.54. The van der Waals surface area contributed by atoms with Crippen LogP contribution in [0.25, 0.3) is 0 Å². The van der Waals surface area contributed by atoms with E-state index >= 15 is 0 Å². The fourth-order valence-electron chi connectivity index (χ4n) is 2.98. The van der Waals surface area contributed by atoms with Crippen molar-refractivity contribution in [3.8, 4) is 0 Å². The number of likely N-dealkylation sites (tertiary alicyclic amines) is 1. The Kier molecular flexibility index (Phi) is 4.25. The lowest BCUT2D eigenvalue weighted by atomic mass is 9.99. The molecule has 1 aliphatic heterocycles. The minimum absolute atomic E-state index is 0.0225. The summed E-state index contributed by atoms with van der Waals surface area (Å²) < 4.78 is 4.88. The molecule has 0 aliphatic carbocycles. The first-order valence-corrected chi connectivity index (χ1v) is 6.88. The quantitative estimate of drug-likeness (QED) is 0.783. The summed E-state index contributed by atoms with van der Waals surface area (Å²) in [5.74, 6) is 0.322. The van der Waals surface area contributed by atoms with Gasteiger partial charge in [-0.15, -0.1) is 0 Å². The maximum atomic E-state index is 11.7. The minimum atomic E-state index is -0.0727. The number of carbonyl (C=O) groups excluding carboxylic acids is 1. The third-order valence-corrected chi connectivity index (χ3v) is 4.22. The number of ether oxygens (including phenoxy) is 1. The number of methoxy groups -OCH3 is 1. The molecule has 1 heterocycles. The Bertz CT molecular complexity index is 450. The monoisotopic (exact) mass is 261 g/mol. The molecule has 0 saturated carbocycles. The molecule has 104 valence electrons. The van der Waals surface area contributed by atoms with Crippen LogP contribution in [0.5, 0.6) is 0 Å². The zero-order chi connectivity index (χ0) is 14.0. The van der Waals surface area contributed by atoms with Gasteiger partial charge in [0.1, 0.15) is 0 Å². The minimum Gasteiger partial charge on any atom is -0.469 e. The van der Waals surface area contributed by atoms with Crippen molar-refractivity contribution in [2.24, 2.45) is 11.8 Å². The topological polar surface area (TPSA) is 29.5 Å². The van der Waals surface area contributed by atoms with E-state index in [2.05, 4.69) is 43.9 Å². The molecule has 1 aliphatic rings. The van der Waals surface area contributed by atoms with Crippen LogP contribution in [0.3, 0.4) is 0 Å². The highest BCUT2D eigenvalue weighted by atomic mass is 16.5. The number of rotatable bonds is 3. The maximum Gasteiger partial charge on any atom is 0.310 e. The molecule has 2 unspecified atom stereocenters. The van der Waals surface area contributed by atoms with Crippen LogP contribution in [0, 0.1) is 25.7 Å². The molecule has 0 radical (unpaired) electrons. The second-order valence-electron chi connectivity index (χ2n) is 5.67. The van der Waals surface area contributed by atoms with Gasteiger partial charge in [0.2, 0.25) is 0 Å². The zero-order valence-electron chi connectivity index (χ0n) is 12.3. The van der Waals surface area contributed by atoms with E-state index in [9.17, 15) is 4.79 Å².